The minimum atomic E-state index is 0.518. The molecule has 2 aromatic rings. The van der Waals surface area contributed by atoms with E-state index in [2.05, 4.69) is 25.8 Å². The van der Waals surface area contributed by atoms with Crippen LogP contribution in [0.5, 0.6) is 0 Å². The van der Waals surface area contributed by atoms with Crippen molar-refractivity contribution < 1.29 is 0 Å². The standard InChI is InChI=1S/C13H13N3S/c17-9-14-13-15-11-7-3-4-8-12(11)16(13)10-5-1-2-6-10/h3-4,7-8,10H,1-2,5-6H2. The van der Waals surface area contributed by atoms with Gasteiger partial charge in [0, 0.05) is 6.04 Å². The van der Waals surface area contributed by atoms with Crippen molar-refractivity contribution in [2.45, 2.75) is 31.7 Å². The molecular weight excluding hydrogens is 230 g/mol. The lowest BCUT2D eigenvalue weighted by molar-refractivity contribution is 0.536. The molecule has 0 spiro atoms. The highest BCUT2D eigenvalue weighted by molar-refractivity contribution is 7.78. The molecule has 1 aliphatic rings. The fourth-order valence-corrected chi connectivity index (χ4v) is 2.76. The summed E-state index contributed by atoms with van der Waals surface area (Å²) in [6.45, 7) is 0. The molecule has 0 unspecified atom stereocenters. The molecule has 4 heteroatoms. The van der Waals surface area contributed by atoms with Crippen LogP contribution in [0.4, 0.5) is 5.95 Å². The largest absolute Gasteiger partial charge is 0.305 e. The predicted molar refractivity (Wildman–Crippen MR) is 71.9 cm³/mol. The summed E-state index contributed by atoms with van der Waals surface area (Å²) >= 11 is 4.70. The zero-order valence-corrected chi connectivity index (χ0v) is 10.3. The highest BCUT2D eigenvalue weighted by atomic mass is 32.1. The van der Waals surface area contributed by atoms with E-state index in [4.69, 9.17) is 12.2 Å². The highest BCUT2D eigenvalue weighted by Gasteiger charge is 2.22. The van der Waals surface area contributed by atoms with Gasteiger partial charge in [-0.3, -0.25) is 0 Å². The Bertz CT molecular complexity index is 590. The number of hydrogen-bond acceptors (Lipinski definition) is 3. The van der Waals surface area contributed by atoms with Crippen LogP contribution in [-0.4, -0.2) is 14.7 Å². The summed E-state index contributed by atoms with van der Waals surface area (Å²) in [5.74, 6) is 0.702. The van der Waals surface area contributed by atoms with Gasteiger partial charge < -0.3 is 4.57 Å². The summed E-state index contributed by atoms with van der Waals surface area (Å²) in [5, 5.41) is 2.43. The minimum absolute atomic E-state index is 0.518. The highest BCUT2D eigenvalue weighted by Crippen LogP contribution is 2.35. The van der Waals surface area contributed by atoms with Gasteiger partial charge in [-0.25, -0.2) is 4.98 Å². The quantitative estimate of drug-likeness (QED) is 0.591. The maximum atomic E-state index is 4.70. The van der Waals surface area contributed by atoms with E-state index in [0.29, 0.717) is 12.0 Å². The third-order valence-electron chi connectivity index (χ3n) is 3.41. The van der Waals surface area contributed by atoms with Crippen LogP contribution in [0, 0.1) is 0 Å². The molecule has 1 heterocycles. The third-order valence-corrected chi connectivity index (χ3v) is 3.50. The molecule has 0 atom stereocenters. The Hall–Kier alpha value is -1.51. The number of nitrogens with zero attached hydrogens (tertiary/aromatic N) is 3. The second-order valence-corrected chi connectivity index (χ2v) is 4.59. The van der Waals surface area contributed by atoms with Gasteiger partial charge in [0.05, 0.1) is 16.2 Å². The molecule has 86 valence electrons. The van der Waals surface area contributed by atoms with Crippen LogP contribution in [0.3, 0.4) is 0 Å². The van der Waals surface area contributed by atoms with Crippen LogP contribution in [0.1, 0.15) is 31.7 Å². The maximum absolute atomic E-state index is 4.70. The van der Waals surface area contributed by atoms with Crippen molar-refractivity contribution in [1.29, 1.82) is 0 Å². The van der Waals surface area contributed by atoms with Crippen molar-refractivity contribution in [3.05, 3.63) is 24.3 Å². The Morgan fingerprint density at radius 1 is 1.29 bits per heavy atom. The van der Waals surface area contributed by atoms with Gasteiger partial charge in [-0.2, -0.15) is 4.99 Å². The fraction of sp³-hybridized carbons (Fsp3) is 0.385. The first-order valence-corrected chi connectivity index (χ1v) is 6.36. The Morgan fingerprint density at radius 3 is 2.82 bits per heavy atom. The van der Waals surface area contributed by atoms with Crippen LogP contribution >= 0.6 is 12.2 Å². The van der Waals surface area contributed by atoms with Gasteiger partial charge in [0.15, 0.2) is 0 Å². The molecule has 1 saturated carbocycles. The molecule has 0 bridgehead atoms. The molecular formula is C13H13N3S. The molecule has 0 saturated heterocycles. The second-order valence-electron chi connectivity index (χ2n) is 4.41. The van der Waals surface area contributed by atoms with Crippen molar-refractivity contribution in [3.63, 3.8) is 0 Å². The normalized spacial score (nSPS) is 16.2. The van der Waals surface area contributed by atoms with Crippen LogP contribution in [0.25, 0.3) is 11.0 Å². The van der Waals surface area contributed by atoms with Crippen LogP contribution < -0.4 is 0 Å². The number of imidazole rings is 1. The number of thiocarbonyl (C=S) groups is 1. The third kappa shape index (κ3) is 1.79. The smallest absolute Gasteiger partial charge is 0.240 e. The first-order valence-electron chi connectivity index (χ1n) is 5.95. The van der Waals surface area contributed by atoms with E-state index >= 15 is 0 Å². The van der Waals surface area contributed by atoms with Crippen molar-refractivity contribution in [2.75, 3.05) is 0 Å². The van der Waals surface area contributed by atoms with Gasteiger partial charge in [-0.05, 0) is 37.2 Å². The van der Waals surface area contributed by atoms with E-state index in [0.717, 1.165) is 11.0 Å². The van der Waals surface area contributed by atoms with E-state index in [1.165, 1.54) is 25.7 Å². The number of aromatic nitrogens is 2. The fourth-order valence-electron chi connectivity index (χ4n) is 2.67. The molecule has 0 aliphatic heterocycles. The lowest BCUT2D eigenvalue weighted by atomic mass is 10.2. The van der Waals surface area contributed by atoms with E-state index in [-0.39, 0.29) is 0 Å². The van der Waals surface area contributed by atoms with Gasteiger partial charge in [0.2, 0.25) is 5.95 Å². The summed E-state index contributed by atoms with van der Waals surface area (Å²) in [6, 6.07) is 8.68. The molecule has 0 radical (unpaired) electrons. The van der Waals surface area contributed by atoms with Crippen LogP contribution in [-0.2, 0) is 0 Å². The van der Waals surface area contributed by atoms with E-state index in [9.17, 15) is 0 Å². The molecule has 1 aromatic carbocycles. The lowest BCUT2D eigenvalue weighted by Gasteiger charge is -2.13. The first-order chi connectivity index (χ1) is 8.40. The summed E-state index contributed by atoms with van der Waals surface area (Å²) in [6.07, 6.45) is 5.00. The summed E-state index contributed by atoms with van der Waals surface area (Å²) in [7, 11) is 0. The number of isothiocyanates is 1. The molecule has 1 aromatic heterocycles. The zero-order chi connectivity index (χ0) is 11.7. The first kappa shape index (κ1) is 10.6. The SMILES string of the molecule is S=C=Nc1nc2ccccc2n1C1CCCC1. The zero-order valence-electron chi connectivity index (χ0n) is 9.47. The van der Waals surface area contributed by atoms with Crippen LogP contribution in [0.15, 0.2) is 29.3 Å². The molecule has 1 aliphatic carbocycles. The molecule has 0 N–H and O–H groups in total. The summed E-state index contributed by atoms with van der Waals surface area (Å²) in [5.41, 5.74) is 2.15. The van der Waals surface area contributed by atoms with E-state index in [1.54, 1.807) is 0 Å². The monoisotopic (exact) mass is 243 g/mol. The van der Waals surface area contributed by atoms with Gasteiger partial charge >= 0.3 is 0 Å². The number of fused-ring (bicyclic) bond motifs is 1. The van der Waals surface area contributed by atoms with Crippen molar-refractivity contribution in [2.24, 2.45) is 4.99 Å². The van der Waals surface area contributed by atoms with Crippen molar-refractivity contribution in [3.8, 4) is 0 Å². The molecule has 3 nitrogen and oxygen atoms in total. The summed E-state index contributed by atoms with van der Waals surface area (Å²) < 4.78 is 2.22. The van der Waals surface area contributed by atoms with Gasteiger partial charge in [-0.15, -0.1) is 0 Å². The van der Waals surface area contributed by atoms with E-state index in [1.807, 2.05) is 18.2 Å². The topological polar surface area (TPSA) is 30.2 Å². The van der Waals surface area contributed by atoms with Gasteiger partial charge in [0.1, 0.15) is 0 Å². The lowest BCUT2D eigenvalue weighted by Crippen LogP contribution is -2.03. The Labute approximate surface area is 105 Å². The maximum Gasteiger partial charge on any atom is 0.240 e. The van der Waals surface area contributed by atoms with Gasteiger partial charge in [-0.1, -0.05) is 25.0 Å². The summed E-state index contributed by atoms with van der Waals surface area (Å²) in [4.78, 5) is 8.62. The van der Waals surface area contributed by atoms with Crippen LogP contribution in [0.2, 0.25) is 0 Å². The van der Waals surface area contributed by atoms with Gasteiger partial charge in [0.25, 0.3) is 0 Å². The average molecular weight is 243 g/mol. The average Bonchev–Trinajstić information content (AvgIpc) is 2.94. The number of benzene rings is 1. The number of rotatable bonds is 2. The predicted octanol–water partition coefficient (Wildman–Crippen LogP) is 3.89. The number of hydrogen-bond donors (Lipinski definition) is 0. The molecule has 17 heavy (non-hydrogen) atoms. The second kappa shape index (κ2) is 4.40. The Kier molecular flexibility index (Phi) is 2.75. The van der Waals surface area contributed by atoms with Crippen molar-refractivity contribution >= 4 is 34.4 Å². The molecule has 0 amide bonds. The minimum Gasteiger partial charge on any atom is -0.305 e. The Morgan fingerprint density at radius 2 is 2.06 bits per heavy atom. The van der Waals surface area contributed by atoms with Crippen molar-refractivity contribution in [1.82, 2.24) is 9.55 Å². The number of aliphatic imine (C=N–C) groups is 1. The van der Waals surface area contributed by atoms with E-state index < -0.39 is 0 Å². The number of para-hydroxylation sites is 2. The Balaban J connectivity index is 2.23. The molecule has 1 fully saturated rings. The molecule has 3 rings (SSSR count).